The number of carbonyl (C=O) groups is 2. The van der Waals surface area contributed by atoms with E-state index in [1.165, 1.54) is 11.2 Å². The number of hydrogen-bond donors (Lipinski definition) is 2. The van der Waals surface area contributed by atoms with Crippen LogP contribution in [0.1, 0.15) is 36.1 Å². The summed E-state index contributed by atoms with van der Waals surface area (Å²) < 4.78 is 38.6. The van der Waals surface area contributed by atoms with Crippen molar-refractivity contribution in [2.45, 2.75) is 43.3 Å². The zero-order chi connectivity index (χ0) is 46.0. The number of hydrogen-bond acceptors (Lipinski definition) is 12. The number of nitrogens with zero attached hydrogens (tertiary/aromatic N) is 5. The Bertz CT molecular complexity index is 2630. The molecule has 0 aliphatic carbocycles. The Kier molecular flexibility index (Phi) is 14.1. The summed E-state index contributed by atoms with van der Waals surface area (Å²) in [6, 6.07) is 42.3. The first kappa shape index (κ1) is 45.1. The van der Waals surface area contributed by atoms with E-state index in [0.29, 0.717) is 22.9 Å². The molecule has 5 aromatic carbocycles. The van der Waals surface area contributed by atoms with Crippen LogP contribution in [0.25, 0.3) is 11.2 Å². The van der Waals surface area contributed by atoms with E-state index >= 15 is 0 Å². The molecule has 1 fully saturated rings. The predicted molar refractivity (Wildman–Crippen MR) is 248 cm³/mol. The van der Waals surface area contributed by atoms with Gasteiger partial charge in [-0.2, -0.15) is 9.97 Å². The minimum Gasteiger partial charge on any atom is -0.497 e. The number of methoxy groups -OCH3 is 2. The number of benzene rings is 5. The van der Waals surface area contributed by atoms with Gasteiger partial charge in [0.1, 0.15) is 35.4 Å². The van der Waals surface area contributed by atoms with E-state index in [1.807, 2.05) is 115 Å². The van der Waals surface area contributed by atoms with Crippen LogP contribution >= 0.6 is 0 Å². The average molecular weight is 891 g/mol. The quantitative estimate of drug-likeness (QED) is 0.0480. The number of imidazole rings is 1. The maximum Gasteiger partial charge on any atom is 0.425 e. The molecule has 2 aromatic heterocycles. The number of aliphatic hydroxyl groups is 1. The molecule has 15 heteroatoms. The SMILES string of the molecule is C=CCOC[C@@H]1O[C@@H](COC(c2ccccc2)(c2ccc(OC)cc2)c2ccc(OC)cc2)[C@H](O)[C@H]1n1cnc2c(OC(=O)N(c3ccccc3)c3ccccc3)nc(NC(=O)CC)nc21. The number of aliphatic hydroxyl groups excluding tert-OH is 1. The lowest BCUT2D eigenvalue weighted by atomic mass is 9.80. The highest BCUT2D eigenvalue weighted by Gasteiger charge is 2.48. The van der Waals surface area contributed by atoms with Crippen LogP contribution in [0.5, 0.6) is 17.4 Å². The summed E-state index contributed by atoms with van der Waals surface area (Å²) in [5.74, 6) is 0.620. The van der Waals surface area contributed by atoms with Crippen molar-refractivity contribution in [3.63, 3.8) is 0 Å². The average Bonchev–Trinajstić information content (AvgIpc) is 3.92. The molecule has 0 saturated carbocycles. The van der Waals surface area contributed by atoms with Crippen LogP contribution in [-0.2, 0) is 24.6 Å². The van der Waals surface area contributed by atoms with Gasteiger partial charge in [0.05, 0.1) is 57.8 Å². The normalized spacial score (nSPS) is 17.0. The molecule has 2 amide bonds. The van der Waals surface area contributed by atoms with Crippen LogP contribution in [0.3, 0.4) is 0 Å². The van der Waals surface area contributed by atoms with Crippen molar-refractivity contribution >= 4 is 40.5 Å². The fourth-order valence-electron chi connectivity index (χ4n) is 8.09. The van der Waals surface area contributed by atoms with Gasteiger partial charge in [-0.3, -0.25) is 10.1 Å². The van der Waals surface area contributed by atoms with Crippen LogP contribution < -0.4 is 24.4 Å². The van der Waals surface area contributed by atoms with Gasteiger partial charge >= 0.3 is 6.09 Å². The molecule has 7 aromatic rings. The first-order chi connectivity index (χ1) is 32.3. The number of aromatic nitrogens is 4. The van der Waals surface area contributed by atoms with Gasteiger partial charge in [0, 0.05) is 6.42 Å². The first-order valence-corrected chi connectivity index (χ1v) is 21.4. The second kappa shape index (κ2) is 20.6. The van der Waals surface area contributed by atoms with Crippen LogP contribution in [0.2, 0.25) is 0 Å². The zero-order valence-corrected chi connectivity index (χ0v) is 36.7. The van der Waals surface area contributed by atoms with Gasteiger partial charge in [-0.15, -0.1) is 6.58 Å². The molecule has 1 aliphatic heterocycles. The summed E-state index contributed by atoms with van der Waals surface area (Å²) in [6.45, 7) is 5.64. The van der Waals surface area contributed by atoms with E-state index in [1.54, 1.807) is 56.1 Å². The third-order valence-corrected chi connectivity index (χ3v) is 11.3. The number of carbonyl (C=O) groups excluding carboxylic acids is 2. The molecule has 0 spiro atoms. The third-order valence-electron chi connectivity index (χ3n) is 11.3. The van der Waals surface area contributed by atoms with Gasteiger partial charge in [-0.25, -0.2) is 14.7 Å². The monoisotopic (exact) mass is 890 g/mol. The number of fused-ring (bicyclic) bond motifs is 1. The molecule has 1 saturated heterocycles. The zero-order valence-electron chi connectivity index (χ0n) is 36.7. The second-order valence-electron chi connectivity index (χ2n) is 15.3. The van der Waals surface area contributed by atoms with E-state index in [4.69, 9.17) is 33.4 Å². The summed E-state index contributed by atoms with van der Waals surface area (Å²) >= 11 is 0. The Morgan fingerprint density at radius 1 is 0.788 bits per heavy atom. The maximum atomic E-state index is 14.2. The third kappa shape index (κ3) is 9.37. The summed E-state index contributed by atoms with van der Waals surface area (Å²) in [7, 11) is 3.22. The number of para-hydroxylation sites is 2. The van der Waals surface area contributed by atoms with Crippen molar-refractivity contribution in [1.29, 1.82) is 0 Å². The highest BCUT2D eigenvalue weighted by Crippen LogP contribution is 2.44. The fraction of sp³-hybridized carbons (Fsp3) is 0.235. The first-order valence-electron chi connectivity index (χ1n) is 21.4. The molecule has 338 valence electrons. The smallest absolute Gasteiger partial charge is 0.425 e. The van der Waals surface area contributed by atoms with Crippen molar-refractivity contribution in [3.8, 4) is 17.4 Å². The molecule has 3 heterocycles. The molecule has 2 N–H and O–H groups in total. The fourth-order valence-corrected chi connectivity index (χ4v) is 8.09. The van der Waals surface area contributed by atoms with Gasteiger partial charge in [0.2, 0.25) is 11.9 Å². The lowest BCUT2D eigenvalue weighted by Crippen LogP contribution is -2.39. The van der Waals surface area contributed by atoms with Crippen LogP contribution in [0.4, 0.5) is 22.1 Å². The van der Waals surface area contributed by atoms with Gasteiger partial charge in [-0.1, -0.05) is 104 Å². The Morgan fingerprint density at radius 2 is 1.35 bits per heavy atom. The molecule has 0 bridgehead atoms. The van der Waals surface area contributed by atoms with Crippen molar-refractivity contribution in [1.82, 2.24) is 19.5 Å². The number of nitrogens with one attached hydrogen (secondary N) is 1. The summed E-state index contributed by atoms with van der Waals surface area (Å²) in [5, 5.41) is 15.2. The summed E-state index contributed by atoms with van der Waals surface area (Å²) in [6.07, 6.45) is -0.505. The summed E-state index contributed by atoms with van der Waals surface area (Å²) in [4.78, 5) is 42.2. The Balaban J connectivity index is 1.18. The predicted octanol–water partition coefficient (Wildman–Crippen LogP) is 8.41. The molecular formula is C51H50N6O9. The molecule has 1 aliphatic rings. The minimum absolute atomic E-state index is 0.0418. The maximum absolute atomic E-state index is 14.2. The molecular weight excluding hydrogens is 841 g/mol. The van der Waals surface area contributed by atoms with Crippen molar-refractivity contribution in [2.24, 2.45) is 0 Å². The van der Waals surface area contributed by atoms with Crippen molar-refractivity contribution in [2.75, 3.05) is 44.3 Å². The minimum atomic E-state index is -1.23. The van der Waals surface area contributed by atoms with Gasteiger partial charge < -0.3 is 38.1 Å². The number of amides is 2. The van der Waals surface area contributed by atoms with Crippen LogP contribution in [0.15, 0.2) is 159 Å². The molecule has 0 radical (unpaired) electrons. The topological polar surface area (TPSA) is 169 Å². The second-order valence-corrected chi connectivity index (χ2v) is 15.3. The Hall–Kier alpha value is -7.43. The molecule has 66 heavy (non-hydrogen) atoms. The van der Waals surface area contributed by atoms with Crippen LogP contribution in [0, 0.1) is 0 Å². The lowest BCUT2D eigenvalue weighted by molar-refractivity contribution is -0.115. The standard InChI is InChI=1S/C51H50N6O9/c1-5-30-63-31-41-45(46(59)42(65-41)32-64-51(34-16-10-7-11-17-34,35-22-26-39(61-3)27-23-35)36-24-28-40(62-4)29-25-36)56-33-52-44-47(56)54-49(53-43(58)6-2)55-48(44)66-50(60)57(37-18-12-8-13-19-37)38-20-14-9-15-21-38/h5,7-29,33,41-42,45-46,59H,1,6,30-32H2,2-4H3,(H,53,54,55,58)/t41-,42-,45-,46-/m0/s1. The van der Waals surface area contributed by atoms with Crippen molar-refractivity contribution < 1.29 is 43.1 Å². The van der Waals surface area contributed by atoms with Gasteiger partial charge in [0.25, 0.3) is 5.88 Å². The molecule has 4 atom stereocenters. The highest BCUT2D eigenvalue weighted by molar-refractivity contribution is 5.98. The highest BCUT2D eigenvalue weighted by atomic mass is 16.6. The van der Waals surface area contributed by atoms with Gasteiger partial charge in [0.15, 0.2) is 11.2 Å². The van der Waals surface area contributed by atoms with E-state index in [9.17, 15) is 14.7 Å². The molecule has 15 nitrogen and oxygen atoms in total. The van der Waals surface area contributed by atoms with E-state index in [2.05, 4.69) is 21.9 Å². The summed E-state index contributed by atoms with van der Waals surface area (Å²) in [5.41, 5.74) is 2.56. The van der Waals surface area contributed by atoms with Crippen LogP contribution in [-0.4, -0.2) is 89.0 Å². The Morgan fingerprint density at radius 3 is 1.89 bits per heavy atom. The molecule has 8 rings (SSSR count). The van der Waals surface area contributed by atoms with Gasteiger partial charge in [-0.05, 0) is 65.2 Å². The van der Waals surface area contributed by atoms with E-state index in [-0.39, 0.29) is 55.1 Å². The number of rotatable bonds is 18. The number of anilines is 3. The Labute approximate surface area is 382 Å². The number of ether oxygens (including phenoxy) is 6. The lowest BCUT2D eigenvalue weighted by Gasteiger charge is -2.37. The van der Waals surface area contributed by atoms with Crippen molar-refractivity contribution in [3.05, 3.63) is 175 Å². The van der Waals surface area contributed by atoms with E-state index < -0.39 is 36.0 Å². The van der Waals surface area contributed by atoms with E-state index in [0.717, 1.165) is 16.7 Å². The largest absolute Gasteiger partial charge is 0.497 e. The molecule has 0 unspecified atom stereocenters.